The third-order valence-corrected chi connectivity index (χ3v) is 5.10. The Balaban J connectivity index is 1.87. The molecule has 2 bridgehead atoms. The van der Waals surface area contributed by atoms with Crippen LogP contribution in [0, 0.1) is 5.82 Å². The van der Waals surface area contributed by atoms with Crippen molar-refractivity contribution in [2.45, 2.75) is 30.0 Å². The molecule has 1 aromatic heterocycles. The molecule has 0 radical (unpaired) electrons. The van der Waals surface area contributed by atoms with Gasteiger partial charge in [0.25, 0.3) is 0 Å². The van der Waals surface area contributed by atoms with Crippen molar-refractivity contribution in [3.05, 3.63) is 24.1 Å². The van der Waals surface area contributed by atoms with E-state index in [0.29, 0.717) is 17.9 Å². The van der Waals surface area contributed by atoms with Crippen molar-refractivity contribution < 1.29 is 22.8 Å². The minimum Gasteiger partial charge on any atom is -0.385 e. The molecule has 0 aliphatic carbocycles. The topological polar surface area (TPSA) is 129 Å². The maximum absolute atomic E-state index is 12.8. The lowest BCUT2D eigenvalue weighted by atomic mass is 10.0. The van der Waals surface area contributed by atoms with Crippen molar-refractivity contribution in [1.29, 1.82) is 0 Å². The minimum atomic E-state index is -4.20. The molecular weight excluding hydrogens is 329 g/mol. The number of nitrogens with zero attached hydrogens (tertiary/aromatic N) is 4. The van der Waals surface area contributed by atoms with Gasteiger partial charge in [-0.1, -0.05) is 0 Å². The quantitative estimate of drug-likeness (QED) is 0.449. The number of aromatic nitrogens is 1. The number of piperidine rings is 1. The fourth-order valence-electron chi connectivity index (χ4n) is 2.72. The number of hydrogen-bond acceptors (Lipinski definition) is 5. The van der Waals surface area contributed by atoms with Crippen LogP contribution in [0.1, 0.15) is 12.8 Å². The zero-order chi connectivity index (χ0) is 16.8. The Morgan fingerprint density at radius 1 is 1.43 bits per heavy atom. The van der Waals surface area contributed by atoms with Gasteiger partial charge in [-0.15, -0.1) is 4.40 Å². The molecular formula is C12H14FN5O4S. The maximum atomic E-state index is 12.8. The Hall–Kier alpha value is -2.27. The smallest absolute Gasteiger partial charge is 0.344 e. The van der Waals surface area contributed by atoms with Gasteiger partial charge in [0.1, 0.15) is 11.7 Å². The van der Waals surface area contributed by atoms with Crippen molar-refractivity contribution in [3.8, 4) is 0 Å². The number of hydrogen-bond donors (Lipinski definition) is 2. The predicted octanol–water partition coefficient (Wildman–Crippen LogP) is -0.0756. The number of fused-ring (bicyclic) bond motifs is 2. The van der Waals surface area contributed by atoms with Crippen LogP contribution in [0.25, 0.3) is 0 Å². The molecule has 0 spiro atoms. The van der Waals surface area contributed by atoms with E-state index >= 15 is 0 Å². The highest BCUT2D eigenvalue weighted by molar-refractivity contribution is 7.90. The second kappa shape index (κ2) is 5.42. The number of carbonyl (C=O) groups is 1. The van der Waals surface area contributed by atoms with E-state index in [2.05, 4.69) is 9.38 Å². The monoisotopic (exact) mass is 343 g/mol. The highest BCUT2D eigenvalue weighted by atomic mass is 32.2. The number of amidine groups is 1. The number of halogens is 1. The zero-order valence-corrected chi connectivity index (χ0v) is 12.6. The van der Waals surface area contributed by atoms with Gasteiger partial charge in [-0.05, 0) is 25.0 Å². The summed E-state index contributed by atoms with van der Waals surface area (Å²) in [5, 5.41) is 9.79. The summed E-state index contributed by atoms with van der Waals surface area (Å²) in [6.07, 6.45) is 1.63. The molecule has 9 nitrogen and oxygen atoms in total. The Morgan fingerprint density at radius 3 is 2.83 bits per heavy atom. The Kier molecular flexibility index (Phi) is 3.68. The number of rotatable bonds is 3. The lowest BCUT2D eigenvalue weighted by molar-refractivity contribution is -0.0583. The van der Waals surface area contributed by atoms with Gasteiger partial charge in [-0.3, -0.25) is 5.21 Å². The van der Waals surface area contributed by atoms with Gasteiger partial charge in [-0.2, -0.15) is 8.42 Å². The predicted molar refractivity (Wildman–Crippen MR) is 75.5 cm³/mol. The van der Waals surface area contributed by atoms with Crippen LogP contribution in [0.2, 0.25) is 0 Å². The second-order valence-corrected chi connectivity index (χ2v) is 6.88. The summed E-state index contributed by atoms with van der Waals surface area (Å²) in [4.78, 5) is 16.6. The summed E-state index contributed by atoms with van der Waals surface area (Å²) in [7, 11) is -4.20. The molecule has 124 valence electrons. The zero-order valence-electron chi connectivity index (χ0n) is 11.8. The average Bonchev–Trinajstić information content (AvgIpc) is 2.72. The fraction of sp³-hybridized carbons (Fsp3) is 0.417. The van der Waals surface area contributed by atoms with Gasteiger partial charge in [0.05, 0.1) is 18.3 Å². The molecule has 2 amide bonds. The first-order chi connectivity index (χ1) is 10.8. The van der Waals surface area contributed by atoms with E-state index in [0.717, 1.165) is 18.3 Å². The molecule has 3 heterocycles. The first-order valence-corrected chi connectivity index (χ1v) is 8.24. The molecule has 0 aromatic carbocycles. The van der Waals surface area contributed by atoms with E-state index in [4.69, 9.17) is 5.73 Å². The van der Waals surface area contributed by atoms with Crippen LogP contribution in [-0.4, -0.2) is 59.1 Å². The lowest BCUT2D eigenvalue weighted by Gasteiger charge is -2.29. The summed E-state index contributed by atoms with van der Waals surface area (Å²) >= 11 is 0. The van der Waals surface area contributed by atoms with Crippen LogP contribution in [-0.2, 0) is 10.0 Å². The fourth-order valence-corrected chi connectivity index (χ4v) is 3.64. The van der Waals surface area contributed by atoms with E-state index in [1.54, 1.807) is 0 Å². The van der Waals surface area contributed by atoms with E-state index in [9.17, 15) is 22.8 Å². The first-order valence-electron chi connectivity index (χ1n) is 6.80. The molecule has 3 rings (SSSR count). The van der Waals surface area contributed by atoms with Gasteiger partial charge < -0.3 is 10.6 Å². The van der Waals surface area contributed by atoms with Crippen LogP contribution < -0.4 is 5.73 Å². The summed E-state index contributed by atoms with van der Waals surface area (Å²) in [6.45, 7) is 0.255. The number of urea groups is 1. The summed E-state index contributed by atoms with van der Waals surface area (Å²) < 4.78 is 40.6. The molecule has 2 aliphatic heterocycles. The molecule has 11 heteroatoms. The van der Waals surface area contributed by atoms with Gasteiger partial charge in [0.2, 0.25) is 0 Å². The Bertz CT molecular complexity index is 766. The van der Waals surface area contributed by atoms with Crippen molar-refractivity contribution in [3.63, 3.8) is 0 Å². The van der Waals surface area contributed by atoms with Crippen LogP contribution in [0.15, 0.2) is 27.8 Å². The van der Waals surface area contributed by atoms with Crippen LogP contribution in [0.4, 0.5) is 9.18 Å². The van der Waals surface area contributed by atoms with Gasteiger partial charge in [0, 0.05) is 6.54 Å². The number of nitrogens with two attached hydrogens (primary N) is 1. The summed E-state index contributed by atoms with van der Waals surface area (Å²) in [5.41, 5.74) is 5.77. The third-order valence-electron chi connectivity index (χ3n) is 3.88. The van der Waals surface area contributed by atoms with E-state index in [1.165, 1.54) is 4.90 Å². The Morgan fingerprint density at radius 2 is 2.17 bits per heavy atom. The van der Waals surface area contributed by atoms with E-state index in [1.807, 2.05) is 0 Å². The van der Waals surface area contributed by atoms with E-state index in [-0.39, 0.29) is 18.4 Å². The third kappa shape index (κ3) is 2.72. The number of pyridine rings is 1. The average molecular weight is 343 g/mol. The second-order valence-electron chi connectivity index (χ2n) is 5.33. The molecule has 3 N–H and O–H groups in total. The lowest BCUT2D eigenvalue weighted by Crippen LogP contribution is -2.48. The van der Waals surface area contributed by atoms with Crippen LogP contribution in [0.5, 0.6) is 0 Å². The molecule has 2 saturated heterocycles. The number of hydroxylamine groups is 2. The van der Waals surface area contributed by atoms with Gasteiger partial charge >= 0.3 is 16.1 Å². The van der Waals surface area contributed by atoms with Crippen LogP contribution >= 0.6 is 0 Å². The molecule has 23 heavy (non-hydrogen) atoms. The highest BCUT2D eigenvalue weighted by Gasteiger charge is 2.45. The standard InChI is InChI=1S/C12H14FN5O4S/c13-7-1-4-10(15-5-7)23(21,22)16-11(14)9-3-2-8-6-17(9)12(19)18(8)20/h1,4-5,8-9,20H,2-3,6H2,(H2,14,16). The number of carbonyl (C=O) groups excluding carboxylic acids is 1. The highest BCUT2D eigenvalue weighted by Crippen LogP contribution is 2.28. The molecule has 0 saturated carbocycles. The van der Waals surface area contributed by atoms with Crippen molar-refractivity contribution in [2.75, 3.05) is 6.54 Å². The molecule has 2 unspecified atom stereocenters. The summed E-state index contributed by atoms with van der Waals surface area (Å²) in [6, 6.07) is 0.264. The molecule has 2 atom stereocenters. The van der Waals surface area contributed by atoms with Gasteiger partial charge in [0.15, 0.2) is 5.03 Å². The first kappa shape index (κ1) is 15.6. The molecule has 1 aromatic rings. The molecule has 2 aliphatic rings. The normalized spacial score (nSPS) is 25.1. The maximum Gasteiger partial charge on any atom is 0.344 e. The Labute approximate surface area is 131 Å². The molecule has 2 fully saturated rings. The van der Waals surface area contributed by atoms with Crippen molar-refractivity contribution in [2.24, 2.45) is 10.1 Å². The number of sulfonamides is 1. The SMILES string of the molecule is N/C(=N\S(=O)(=O)c1ccc(F)cn1)C1CCC2CN1C(=O)N2O. The summed E-state index contributed by atoms with van der Waals surface area (Å²) in [5.74, 6) is -0.942. The van der Waals surface area contributed by atoms with Crippen LogP contribution in [0.3, 0.4) is 0 Å². The van der Waals surface area contributed by atoms with Crippen molar-refractivity contribution in [1.82, 2.24) is 14.9 Å². The van der Waals surface area contributed by atoms with Crippen molar-refractivity contribution >= 4 is 21.9 Å². The minimum absolute atomic E-state index is 0.255. The largest absolute Gasteiger partial charge is 0.385 e. The van der Waals surface area contributed by atoms with Gasteiger partial charge in [-0.25, -0.2) is 19.2 Å². The van der Waals surface area contributed by atoms with E-state index < -0.39 is 32.9 Å². The number of amides is 2.